The van der Waals surface area contributed by atoms with E-state index in [0.29, 0.717) is 89.7 Å². The van der Waals surface area contributed by atoms with E-state index in [-0.39, 0.29) is 0 Å². The summed E-state index contributed by atoms with van der Waals surface area (Å²) in [5.74, 6) is 1.86. The average molecular weight is 522 g/mol. The second kappa shape index (κ2) is 14.2. The molecular formula is C29H35N3O6. The average Bonchev–Trinajstić information content (AvgIpc) is 2.91. The van der Waals surface area contributed by atoms with Crippen LogP contribution in [0.3, 0.4) is 0 Å². The Kier molecular flexibility index (Phi) is 9.87. The first-order valence-corrected chi connectivity index (χ1v) is 13.3. The Bertz CT molecular complexity index is 1060. The van der Waals surface area contributed by atoms with Crippen molar-refractivity contribution in [2.75, 3.05) is 52.9 Å². The Labute approximate surface area is 223 Å². The van der Waals surface area contributed by atoms with Crippen LogP contribution in [0, 0.1) is 0 Å². The summed E-state index contributed by atoms with van der Waals surface area (Å²) in [6, 6.07) is 17.8. The molecule has 9 heteroatoms. The molecule has 4 heterocycles. The van der Waals surface area contributed by atoms with Gasteiger partial charge in [-0.05, 0) is 37.1 Å². The quantitative estimate of drug-likeness (QED) is 0.434. The van der Waals surface area contributed by atoms with Gasteiger partial charge in [0.25, 0.3) is 0 Å². The van der Waals surface area contributed by atoms with Gasteiger partial charge < -0.3 is 28.4 Å². The van der Waals surface area contributed by atoms with E-state index in [4.69, 9.17) is 38.4 Å². The zero-order valence-electron chi connectivity index (χ0n) is 21.6. The van der Waals surface area contributed by atoms with Crippen molar-refractivity contribution in [1.29, 1.82) is 0 Å². The molecule has 3 aromatic heterocycles. The molecule has 2 aliphatic rings. The molecule has 1 aliphatic heterocycles. The maximum Gasteiger partial charge on any atom is 0.213 e. The third kappa shape index (κ3) is 7.70. The summed E-state index contributed by atoms with van der Waals surface area (Å²) in [7, 11) is 0. The van der Waals surface area contributed by atoms with E-state index in [1.54, 1.807) is 0 Å². The van der Waals surface area contributed by atoms with Crippen LogP contribution >= 0.6 is 0 Å². The molecule has 0 N–H and O–H groups in total. The molecule has 38 heavy (non-hydrogen) atoms. The van der Waals surface area contributed by atoms with Crippen LogP contribution in [0.25, 0.3) is 0 Å². The zero-order valence-corrected chi connectivity index (χ0v) is 21.6. The van der Waals surface area contributed by atoms with E-state index < -0.39 is 0 Å². The van der Waals surface area contributed by atoms with Crippen LogP contribution in [0.4, 0.5) is 0 Å². The van der Waals surface area contributed by atoms with Crippen LogP contribution < -0.4 is 9.47 Å². The maximum absolute atomic E-state index is 5.85. The van der Waals surface area contributed by atoms with Gasteiger partial charge >= 0.3 is 0 Å². The van der Waals surface area contributed by atoms with E-state index in [9.17, 15) is 0 Å². The van der Waals surface area contributed by atoms with Crippen molar-refractivity contribution in [3.8, 4) is 11.8 Å². The molecule has 6 bridgehead atoms. The molecule has 0 saturated heterocycles. The minimum Gasteiger partial charge on any atom is -0.475 e. The van der Waals surface area contributed by atoms with Crippen molar-refractivity contribution < 1.29 is 28.4 Å². The fourth-order valence-electron chi connectivity index (χ4n) is 4.54. The number of fused-ring (bicyclic) bond motifs is 9. The summed E-state index contributed by atoms with van der Waals surface area (Å²) in [5.41, 5.74) is 3.79. The number of nitrogens with zero attached hydrogens (tertiary/aromatic N) is 3. The monoisotopic (exact) mass is 521 g/mol. The standard InChI is InChI=1S/C29H35N3O6/c1-4-22-20-35-14-12-33-16-18-37-28-8-2-6-26(31-28)24-10-11-25(24)27-7-3-9-29(32-27)38-19-17-34-13-15-36-21-23(5-1)30-22/h1-9,24-25H,10-21H2/t24-,25+. The van der Waals surface area contributed by atoms with Crippen molar-refractivity contribution >= 4 is 0 Å². The highest BCUT2D eigenvalue weighted by atomic mass is 16.6. The first-order valence-electron chi connectivity index (χ1n) is 13.3. The molecule has 3 aromatic rings. The highest BCUT2D eigenvalue weighted by Gasteiger charge is 2.35. The molecule has 0 unspecified atom stereocenters. The molecule has 1 saturated carbocycles. The number of hydrogen-bond donors (Lipinski definition) is 0. The summed E-state index contributed by atoms with van der Waals surface area (Å²) in [5, 5.41) is 0. The second-order valence-corrected chi connectivity index (χ2v) is 9.24. The lowest BCUT2D eigenvalue weighted by Gasteiger charge is -2.36. The number of ether oxygens (including phenoxy) is 6. The van der Waals surface area contributed by atoms with Gasteiger partial charge in [0, 0.05) is 35.4 Å². The Morgan fingerprint density at radius 1 is 0.474 bits per heavy atom. The van der Waals surface area contributed by atoms with Gasteiger partial charge in [-0.3, -0.25) is 4.98 Å². The highest BCUT2D eigenvalue weighted by Crippen LogP contribution is 2.48. The largest absolute Gasteiger partial charge is 0.475 e. The fourth-order valence-corrected chi connectivity index (χ4v) is 4.54. The van der Waals surface area contributed by atoms with Crippen LogP contribution in [0.15, 0.2) is 54.6 Å². The molecule has 1 fully saturated rings. The zero-order chi connectivity index (χ0) is 25.8. The van der Waals surface area contributed by atoms with Crippen molar-refractivity contribution in [3.05, 3.63) is 77.4 Å². The first kappa shape index (κ1) is 26.5. The fraction of sp³-hybridized carbons (Fsp3) is 0.483. The van der Waals surface area contributed by atoms with Crippen LogP contribution in [0.5, 0.6) is 11.8 Å². The molecule has 0 radical (unpaired) electrons. The van der Waals surface area contributed by atoms with Crippen LogP contribution in [-0.4, -0.2) is 67.8 Å². The summed E-state index contributed by atoms with van der Waals surface area (Å²) >= 11 is 0. The molecule has 0 aromatic carbocycles. The van der Waals surface area contributed by atoms with Gasteiger partial charge in [0.05, 0.1) is 64.2 Å². The maximum atomic E-state index is 5.85. The van der Waals surface area contributed by atoms with Gasteiger partial charge in [-0.2, -0.15) is 0 Å². The topological polar surface area (TPSA) is 94.1 Å². The number of hydrogen-bond acceptors (Lipinski definition) is 9. The summed E-state index contributed by atoms with van der Waals surface area (Å²) in [4.78, 5) is 14.1. The van der Waals surface area contributed by atoms with Gasteiger partial charge in [-0.25, -0.2) is 9.97 Å². The second-order valence-electron chi connectivity index (χ2n) is 9.24. The SMILES string of the molecule is c1cc2nc(c1)COCCOCCOc1cccc(n1)[C@@H]1CC[C@@H]1c1cccc(n1)OCCOCCOC2. The van der Waals surface area contributed by atoms with E-state index in [2.05, 4.69) is 17.1 Å². The summed E-state index contributed by atoms with van der Waals surface area (Å²) in [6.45, 7) is 4.57. The molecule has 0 spiro atoms. The Balaban J connectivity index is 1.19. The molecule has 5 rings (SSSR count). The van der Waals surface area contributed by atoms with Crippen molar-refractivity contribution in [2.24, 2.45) is 0 Å². The van der Waals surface area contributed by atoms with Gasteiger partial charge in [0.2, 0.25) is 11.8 Å². The van der Waals surface area contributed by atoms with Crippen LogP contribution in [0.1, 0.15) is 47.5 Å². The Morgan fingerprint density at radius 2 is 0.921 bits per heavy atom. The van der Waals surface area contributed by atoms with Crippen molar-refractivity contribution in [3.63, 3.8) is 0 Å². The summed E-state index contributed by atoms with van der Waals surface area (Å²) in [6.07, 6.45) is 2.15. The van der Waals surface area contributed by atoms with Gasteiger partial charge in [-0.1, -0.05) is 18.2 Å². The normalized spacial score (nSPS) is 22.0. The molecular weight excluding hydrogens is 486 g/mol. The molecule has 2 atom stereocenters. The lowest BCUT2D eigenvalue weighted by Crippen LogP contribution is -2.24. The van der Waals surface area contributed by atoms with Gasteiger partial charge in [0.15, 0.2) is 0 Å². The minimum absolute atomic E-state index is 0.315. The predicted octanol–water partition coefficient (Wildman–Crippen LogP) is 4.07. The number of rotatable bonds is 0. The molecule has 1 aliphatic carbocycles. The minimum atomic E-state index is 0.315. The van der Waals surface area contributed by atoms with E-state index in [0.717, 1.165) is 35.6 Å². The van der Waals surface area contributed by atoms with E-state index >= 15 is 0 Å². The van der Waals surface area contributed by atoms with Gasteiger partial charge in [-0.15, -0.1) is 0 Å². The van der Waals surface area contributed by atoms with Crippen molar-refractivity contribution in [1.82, 2.24) is 15.0 Å². The predicted molar refractivity (Wildman–Crippen MR) is 139 cm³/mol. The Morgan fingerprint density at radius 3 is 1.42 bits per heavy atom. The lowest BCUT2D eigenvalue weighted by atomic mass is 9.70. The first-order chi connectivity index (χ1) is 18.8. The summed E-state index contributed by atoms with van der Waals surface area (Å²) < 4.78 is 34.4. The number of aromatic nitrogens is 3. The molecule has 202 valence electrons. The van der Waals surface area contributed by atoms with E-state index in [1.165, 1.54) is 0 Å². The highest BCUT2D eigenvalue weighted by molar-refractivity contribution is 5.28. The smallest absolute Gasteiger partial charge is 0.213 e. The molecule has 0 amide bonds. The van der Waals surface area contributed by atoms with Crippen LogP contribution in [0.2, 0.25) is 0 Å². The van der Waals surface area contributed by atoms with E-state index in [1.807, 2.05) is 42.5 Å². The van der Waals surface area contributed by atoms with Crippen LogP contribution in [-0.2, 0) is 32.2 Å². The number of pyridine rings is 3. The van der Waals surface area contributed by atoms with Gasteiger partial charge in [0.1, 0.15) is 13.2 Å². The van der Waals surface area contributed by atoms with Crippen molar-refractivity contribution in [2.45, 2.75) is 37.9 Å². The lowest BCUT2D eigenvalue weighted by molar-refractivity contribution is 0.0266. The third-order valence-electron chi connectivity index (χ3n) is 6.59. The molecule has 9 nitrogen and oxygen atoms in total. The Hall–Kier alpha value is -3.11. The third-order valence-corrected chi connectivity index (χ3v) is 6.59.